The molecule has 1 aliphatic carbocycles. The van der Waals surface area contributed by atoms with Crippen LogP contribution < -0.4 is 5.73 Å². The van der Waals surface area contributed by atoms with Crippen molar-refractivity contribution >= 4 is 5.97 Å². The lowest BCUT2D eigenvalue weighted by molar-refractivity contribution is -0.146. The van der Waals surface area contributed by atoms with Crippen molar-refractivity contribution in [2.45, 2.75) is 63.1 Å². The zero-order valence-electron chi connectivity index (χ0n) is 12.8. The third-order valence-corrected chi connectivity index (χ3v) is 4.64. The van der Waals surface area contributed by atoms with E-state index >= 15 is 0 Å². The van der Waals surface area contributed by atoms with Gasteiger partial charge in [0.2, 0.25) is 0 Å². The zero-order chi connectivity index (χ0) is 14.6. The van der Waals surface area contributed by atoms with Crippen LogP contribution in [0.25, 0.3) is 0 Å². The summed E-state index contributed by atoms with van der Waals surface area (Å²) in [6.07, 6.45) is 6.93. The Labute approximate surface area is 121 Å². The fourth-order valence-electron chi connectivity index (χ4n) is 3.43. The molecule has 0 aromatic rings. The van der Waals surface area contributed by atoms with Crippen molar-refractivity contribution in [3.8, 4) is 0 Å². The van der Waals surface area contributed by atoms with Crippen molar-refractivity contribution in [2.24, 2.45) is 5.73 Å². The van der Waals surface area contributed by atoms with Crippen molar-refractivity contribution < 1.29 is 14.3 Å². The Kier molecular flexibility index (Phi) is 5.41. The minimum atomic E-state index is -0.852. The maximum atomic E-state index is 11.5. The van der Waals surface area contributed by atoms with Gasteiger partial charge >= 0.3 is 5.97 Å². The highest BCUT2D eigenvalue weighted by Gasteiger charge is 2.35. The summed E-state index contributed by atoms with van der Waals surface area (Å²) in [5.74, 6) is -0.320. The van der Waals surface area contributed by atoms with E-state index in [-0.39, 0.29) is 5.97 Å². The third kappa shape index (κ3) is 3.71. The van der Waals surface area contributed by atoms with Gasteiger partial charge < -0.3 is 15.2 Å². The minimum Gasteiger partial charge on any atom is -0.468 e. The van der Waals surface area contributed by atoms with Crippen molar-refractivity contribution in [1.82, 2.24) is 4.90 Å². The predicted molar refractivity (Wildman–Crippen MR) is 77.4 cm³/mol. The first-order valence-corrected chi connectivity index (χ1v) is 7.77. The molecule has 1 heterocycles. The molecule has 1 saturated carbocycles. The first-order chi connectivity index (χ1) is 9.54. The number of nitrogens with zero attached hydrogens (tertiary/aromatic N) is 1. The van der Waals surface area contributed by atoms with Crippen LogP contribution in [-0.2, 0) is 14.3 Å². The molecule has 3 unspecified atom stereocenters. The number of fused-ring (bicyclic) bond motifs is 1. The Bertz CT molecular complexity index is 333. The van der Waals surface area contributed by atoms with Gasteiger partial charge in [0.1, 0.15) is 5.54 Å². The molecule has 0 amide bonds. The third-order valence-electron chi connectivity index (χ3n) is 4.64. The van der Waals surface area contributed by atoms with Crippen LogP contribution in [-0.4, -0.2) is 55.4 Å². The number of morpholine rings is 1. The topological polar surface area (TPSA) is 64.8 Å². The van der Waals surface area contributed by atoms with Crippen LogP contribution in [0.15, 0.2) is 0 Å². The monoisotopic (exact) mass is 284 g/mol. The summed E-state index contributed by atoms with van der Waals surface area (Å²) in [5.41, 5.74) is 5.12. The highest BCUT2D eigenvalue weighted by atomic mass is 16.5. The van der Waals surface area contributed by atoms with Gasteiger partial charge in [-0.05, 0) is 52.0 Å². The maximum absolute atomic E-state index is 11.5. The van der Waals surface area contributed by atoms with Crippen LogP contribution in [0.5, 0.6) is 0 Å². The van der Waals surface area contributed by atoms with E-state index in [4.69, 9.17) is 15.2 Å². The highest BCUT2D eigenvalue weighted by molar-refractivity contribution is 5.79. The van der Waals surface area contributed by atoms with Gasteiger partial charge in [0.15, 0.2) is 0 Å². The van der Waals surface area contributed by atoms with E-state index in [9.17, 15) is 4.79 Å². The molecule has 0 spiro atoms. The first kappa shape index (κ1) is 15.7. The smallest absolute Gasteiger partial charge is 0.325 e. The average Bonchev–Trinajstić information content (AvgIpc) is 2.91. The molecule has 2 rings (SSSR count). The molecule has 1 saturated heterocycles. The lowest BCUT2D eigenvalue weighted by Gasteiger charge is -2.37. The molecular weight excluding hydrogens is 256 g/mol. The largest absolute Gasteiger partial charge is 0.468 e. The zero-order valence-corrected chi connectivity index (χ0v) is 12.8. The number of ether oxygens (including phenoxy) is 2. The van der Waals surface area contributed by atoms with Gasteiger partial charge in [-0.15, -0.1) is 0 Å². The molecule has 5 heteroatoms. The van der Waals surface area contributed by atoms with Gasteiger partial charge in [-0.25, -0.2) is 0 Å². The predicted octanol–water partition coefficient (Wildman–Crippen LogP) is 1.30. The second-order valence-electron chi connectivity index (χ2n) is 6.31. The van der Waals surface area contributed by atoms with Crippen LogP contribution in [0, 0.1) is 0 Å². The Hall–Kier alpha value is -0.650. The van der Waals surface area contributed by atoms with E-state index in [1.165, 1.54) is 26.4 Å². The second kappa shape index (κ2) is 6.87. The number of hydrogen-bond donors (Lipinski definition) is 1. The van der Waals surface area contributed by atoms with Crippen molar-refractivity contribution in [3.63, 3.8) is 0 Å². The van der Waals surface area contributed by atoms with Crippen LogP contribution in [0.3, 0.4) is 0 Å². The summed E-state index contributed by atoms with van der Waals surface area (Å²) in [7, 11) is 1.39. The fourth-order valence-corrected chi connectivity index (χ4v) is 3.43. The van der Waals surface area contributed by atoms with E-state index < -0.39 is 5.54 Å². The standard InChI is InChI=1S/C15H28N2O3/c1-15(16,14(18)19-2)8-3-4-9-17-10-11-20-13-7-5-6-12(13)17/h12-13H,3-11,16H2,1-2H3. The van der Waals surface area contributed by atoms with E-state index in [1.54, 1.807) is 6.92 Å². The maximum Gasteiger partial charge on any atom is 0.325 e. The second-order valence-corrected chi connectivity index (χ2v) is 6.31. The Morgan fingerprint density at radius 2 is 2.25 bits per heavy atom. The molecule has 1 aliphatic heterocycles. The van der Waals surface area contributed by atoms with Gasteiger partial charge in [0.25, 0.3) is 0 Å². The van der Waals surface area contributed by atoms with E-state index in [1.807, 2.05) is 0 Å². The minimum absolute atomic E-state index is 0.320. The number of esters is 1. The summed E-state index contributed by atoms with van der Waals surface area (Å²) in [6.45, 7) is 4.73. The van der Waals surface area contributed by atoms with Gasteiger partial charge in [-0.1, -0.05) is 0 Å². The van der Waals surface area contributed by atoms with Crippen molar-refractivity contribution in [2.75, 3.05) is 26.8 Å². The number of carbonyl (C=O) groups is 1. The number of unbranched alkanes of at least 4 members (excludes halogenated alkanes) is 1. The molecule has 2 fully saturated rings. The normalized spacial score (nSPS) is 29.8. The molecule has 20 heavy (non-hydrogen) atoms. The highest BCUT2D eigenvalue weighted by Crippen LogP contribution is 2.29. The Morgan fingerprint density at radius 1 is 1.45 bits per heavy atom. The van der Waals surface area contributed by atoms with E-state index in [0.29, 0.717) is 18.6 Å². The lowest BCUT2D eigenvalue weighted by atomic mass is 9.96. The molecule has 116 valence electrons. The molecule has 0 aromatic carbocycles. The van der Waals surface area contributed by atoms with Crippen LogP contribution >= 0.6 is 0 Å². The van der Waals surface area contributed by atoms with Crippen LogP contribution in [0.2, 0.25) is 0 Å². The summed E-state index contributed by atoms with van der Waals surface area (Å²) in [4.78, 5) is 14.1. The first-order valence-electron chi connectivity index (χ1n) is 7.77. The molecule has 0 radical (unpaired) electrons. The number of rotatable bonds is 6. The molecule has 0 bridgehead atoms. The lowest BCUT2D eigenvalue weighted by Crippen LogP contribution is -2.49. The van der Waals surface area contributed by atoms with Crippen LogP contribution in [0.4, 0.5) is 0 Å². The van der Waals surface area contributed by atoms with E-state index in [2.05, 4.69) is 4.90 Å². The van der Waals surface area contributed by atoms with E-state index in [0.717, 1.165) is 32.5 Å². The molecular formula is C15H28N2O3. The number of nitrogens with two attached hydrogens (primary N) is 1. The number of methoxy groups -OCH3 is 1. The molecule has 5 nitrogen and oxygen atoms in total. The van der Waals surface area contributed by atoms with Gasteiger partial charge in [-0.3, -0.25) is 9.69 Å². The van der Waals surface area contributed by atoms with Gasteiger partial charge in [-0.2, -0.15) is 0 Å². The molecule has 2 N–H and O–H groups in total. The summed E-state index contributed by atoms with van der Waals surface area (Å²) in [6, 6.07) is 0.619. The molecule has 2 aliphatic rings. The summed E-state index contributed by atoms with van der Waals surface area (Å²) >= 11 is 0. The Morgan fingerprint density at radius 3 is 3.00 bits per heavy atom. The summed E-state index contributed by atoms with van der Waals surface area (Å²) in [5, 5.41) is 0. The van der Waals surface area contributed by atoms with Crippen molar-refractivity contribution in [3.05, 3.63) is 0 Å². The van der Waals surface area contributed by atoms with Crippen molar-refractivity contribution in [1.29, 1.82) is 0 Å². The average molecular weight is 284 g/mol. The molecule has 0 aromatic heterocycles. The van der Waals surface area contributed by atoms with Crippen LogP contribution in [0.1, 0.15) is 45.4 Å². The number of hydrogen-bond acceptors (Lipinski definition) is 5. The molecule has 3 atom stereocenters. The van der Waals surface area contributed by atoms with Gasteiger partial charge in [0.05, 0.1) is 19.8 Å². The quantitative estimate of drug-likeness (QED) is 0.588. The number of carbonyl (C=O) groups excluding carboxylic acids is 1. The summed E-state index contributed by atoms with van der Waals surface area (Å²) < 4.78 is 10.5. The van der Waals surface area contributed by atoms with Gasteiger partial charge in [0, 0.05) is 12.6 Å². The Balaban J connectivity index is 1.69. The SMILES string of the molecule is COC(=O)C(C)(N)CCCCN1CCOC2CCCC21. The fraction of sp³-hybridized carbons (Fsp3) is 0.933.